The Morgan fingerprint density at radius 1 is 1.38 bits per heavy atom. The first kappa shape index (κ1) is 15.6. The van der Waals surface area contributed by atoms with Crippen LogP contribution in [0.5, 0.6) is 0 Å². The monoisotopic (exact) mass is 360 g/mol. The highest BCUT2D eigenvalue weighted by atomic mass is 32.1. The average molecular weight is 360 g/mol. The Kier molecular flexibility index (Phi) is 3.99. The fourth-order valence-electron chi connectivity index (χ4n) is 3.02. The number of benzene rings is 1. The summed E-state index contributed by atoms with van der Waals surface area (Å²) in [6.45, 7) is 3.12. The molecule has 124 valence electrons. The number of nitrogens with zero attached hydrogens (tertiary/aromatic N) is 1. The van der Waals surface area contributed by atoms with Gasteiger partial charge in [-0.1, -0.05) is 0 Å². The lowest BCUT2D eigenvalue weighted by molar-refractivity contribution is -0.0690. The van der Waals surface area contributed by atoms with Gasteiger partial charge in [0, 0.05) is 12.1 Å². The summed E-state index contributed by atoms with van der Waals surface area (Å²) in [6.07, 6.45) is -0.0867. The highest BCUT2D eigenvalue weighted by molar-refractivity contribution is 7.71. The number of morpholine rings is 1. The molecule has 5 nitrogen and oxygen atoms in total. The van der Waals surface area contributed by atoms with Crippen molar-refractivity contribution in [3.63, 3.8) is 0 Å². The lowest BCUT2D eigenvalue weighted by atomic mass is 10.1. The predicted molar refractivity (Wildman–Crippen MR) is 94.9 cm³/mol. The molecule has 2 aromatic heterocycles. The highest BCUT2D eigenvalue weighted by Crippen LogP contribution is 2.28. The van der Waals surface area contributed by atoms with Crippen molar-refractivity contribution in [1.82, 2.24) is 9.88 Å². The molecule has 0 radical (unpaired) electrons. The third-order valence-corrected chi connectivity index (χ3v) is 5.02. The summed E-state index contributed by atoms with van der Waals surface area (Å²) in [4.78, 5) is 18.0. The minimum atomic E-state index is -0.0797. The van der Waals surface area contributed by atoms with E-state index >= 15 is 0 Å². The Bertz CT molecular complexity index is 929. The van der Waals surface area contributed by atoms with Crippen molar-refractivity contribution >= 4 is 40.6 Å². The van der Waals surface area contributed by atoms with Crippen LogP contribution in [-0.4, -0.2) is 35.0 Å². The maximum absolute atomic E-state index is 12.9. The van der Waals surface area contributed by atoms with E-state index in [1.54, 1.807) is 23.5 Å². The smallest absolute Gasteiger partial charge is 0.266 e. The zero-order valence-corrected chi connectivity index (χ0v) is 14.7. The molecule has 0 saturated carbocycles. The minimum Gasteiger partial charge on any atom is -0.429 e. The van der Waals surface area contributed by atoms with Gasteiger partial charge in [0.2, 0.25) is 0 Å². The number of ether oxygens (including phenoxy) is 1. The second kappa shape index (κ2) is 6.16. The number of fused-ring (bicyclic) bond motifs is 1. The number of carbonyl (C=O) groups excluding carboxylic acids is 1. The van der Waals surface area contributed by atoms with Gasteiger partial charge in [-0.3, -0.25) is 4.79 Å². The summed E-state index contributed by atoms with van der Waals surface area (Å²) in [5.41, 5.74) is 3.11. The normalized spacial score (nSPS) is 21.3. The molecule has 0 unspecified atom stereocenters. The van der Waals surface area contributed by atoms with Gasteiger partial charge in [-0.05, 0) is 59.7 Å². The van der Waals surface area contributed by atoms with Gasteiger partial charge in [-0.15, -0.1) is 0 Å². The Labute approximate surface area is 147 Å². The lowest BCUT2D eigenvalue weighted by Crippen LogP contribution is -2.45. The number of thiophene rings is 1. The van der Waals surface area contributed by atoms with Crippen LogP contribution in [0.25, 0.3) is 11.1 Å². The molecule has 0 spiro atoms. The lowest BCUT2D eigenvalue weighted by Gasteiger charge is -2.36. The van der Waals surface area contributed by atoms with E-state index in [2.05, 4.69) is 10.4 Å². The van der Waals surface area contributed by atoms with Crippen LogP contribution < -0.4 is 0 Å². The highest BCUT2D eigenvalue weighted by Gasteiger charge is 2.30. The molecule has 0 aliphatic carbocycles. The van der Waals surface area contributed by atoms with Gasteiger partial charge in [0.1, 0.15) is 6.10 Å². The third kappa shape index (κ3) is 2.90. The molecule has 24 heavy (non-hydrogen) atoms. The van der Waals surface area contributed by atoms with Crippen molar-refractivity contribution in [2.24, 2.45) is 0 Å². The summed E-state index contributed by atoms with van der Waals surface area (Å²) in [6, 6.07) is 7.41. The number of nitrogens with one attached hydrogen (secondary N) is 1. The van der Waals surface area contributed by atoms with Crippen LogP contribution in [0.15, 0.2) is 39.4 Å². The van der Waals surface area contributed by atoms with Gasteiger partial charge in [0.15, 0.2) is 5.58 Å². The summed E-state index contributed by atoms with van der Waals surface area (Å²) < 4.78 is 11.4. The summed E-state index contributed by atoms with van der Waals surface area (Å²) in [7, 11) is 0. The van der Waals surface area contributed by atoms with Crippen LogP contribution in [0, 0.1) is 4.84 Å². The molecular formula is C17H16N2O3S2. The van der Waals surface area contributed by atoms with Gasteiger partial charge >= 0.3 is 0 Å². The summed E-state index contributed by atoms with van der Waals surface area (Å²) in [5.74, 6) is -0.0189. The van der Waals surface area contributed by atoms with Crippen molar-refractivity contribution in [3.8, 4) is 0 Å². The molecule has 4 rings (SSSR count). The number of aromatic nitrogens is 1. The third-order valence-electron chi connectivity index (χ3n) is 4.13. The zero-order chi connectivity index (χ0) is 16.7. The Morgan fingerprint density at radius 2 is 2.25 bits per heavy atom. The topological polar surface area (TPSA) is 58.5 Å². The SMILES string of the molecule is C[C@@H]1CN(C(=O)c2ccc3[nH]c(=S)oc3c2)C[C@@H](c2ccsc2)O1. The second-order valence-electron chi connectivity index (χ2n) is 5.93. The van der Waals surface area contributed by atoms with Gasteiger partial charge < -0.3 is 19.0 Å². The number of oxazole rings is 1. The van der Waals surface area contributed by atoms with Gasteiger partial charge in [0.25, 0.3) is 10.7 Å². The fourth-order valence-corrected chi connectivity index (χ4v) is 3.92. The molecule has 1 N–H and O–H groups in total. The first-order valence-corrected chi connectivity index (χ1v) is 9.05. The molecule has 7 heteroatoms. The maximum Gasteiger partial charge on any atom is 0.266 e. The van der Waals surface area contributed by atoms with Gasteiger partial charge in [-0.25, -0.2) is 0 Å². The average Bonchev–Trinajstić information content (AvgIpc) is 3.21. The van der Waals surface area contributed by atoms with Crippen molar-refractivity contribution < 1.29 is 13.9 Å². The largest absolute Gasteiger partial charge is 0.429 e. The number of rotatable bonds is 2. The molecule has 1 aromatic carbocycles. The van der Waals surface area contributed by atoms with Crippen LogP contribution >= 0.6 is 23.6 Å². The number of hydrogen-bond acceptors (Lipinski definition) is 5. The number of aromatic amines is 1. The molecule has 1 aliphatic rings. The summed E-state index contributed by atoms with van der Waals surface area (Å²) in [5, 5.41) is 4.10. The molecule has 1 amide bonds. The quantitative estimate of drug-likeness (QED) is 0.698. The standard InChI is InChI=1S/C17H16N2O3S2/c1-10-7-19(8-15(21-10)12-4-5-24-9-12)16(20)11-2-3-13-14(6-11)22-17(23)18-13/h2-6,9-10,15H,7-8H2,1H3,(H,18,23)/t10-,15+/m1/s1. The number of amides is 1. The van der Waals surface area contributed by atoms with E-state index in [0.717, 1.165) is 11.1 Å². The predicted octanol–water partition coefficient (Wildman–Crippen LogP) is 4.15. The molecule has 1 fully saturated rings. The Hall–Kier alpha value is -1.96. The van der Waals surface area contributed by atoms with Crippen molar-refractivity contribution in [2.45, 2.75) is 19.1 Å². The maximum atomic E-state index is 12.9. The van der Waals surface area contributed by atoms with E-state index in [4.69, 9.17) is 21.4 Å². The number of hydrogen-bond donors (Lipinski definition) is 1. The van der Waals surface area contributed by atoms with E-state index in [1.165, 1.54) is 0 Å². The van der Waals surface area contributed by atoms with Crippen molar-refractivity contribution in [2.75, 3.05) is 13.1 Å². The van der Waals surface area contributed by atoms with Crippen LogP contribution in [0.1, 0.15) is 28.9 Å². The molecule has 2 atom stereocenters. The van der Waals surface area contributed by atoms with E-state index < -0.39 is 0 Å². The van der Waals surface area contributed by atoms with Crippen molar-refractivity contribution in [1.29, 1.82) is 0 Å². The van der Waals surface area contributed by atoms with Gasteiger partial charge in [0.05, 0.1) is 18.2 Å². The molecule has 1 saturated heterocycles. The summed E-state index contributed by atoms with van der Waals surface area (Å²) >= 11 is 6.63. The van der Waals surface area contributed by atoms with E-state index in [1.807, 2.05) is 29.3 Å². The van der Waals surface area contributed by atoms with Crippen LogP contribution in [0.3, 0.4) is 0 Å². The molecule has 0 bridgehead atoms. The van der Waals surface area contributed by atoms with E-state index in [-0.39, 0.29) is 18.1 Å². The number of carbonyl (C=O) groups is 1. The Balaban J connectivity index is 1.60. The number of H-pyrrole nitrogens is 1. The van der Waals surface area contributed by atoms with E-state index in [0.29, 0.717) is 29.1 Å². The fraction of sp³-hybridized carbons (Fsp3) is 0.294. The molecule has 3 aromatic rings. The van der Waals surface area contributed by atoms with Crippen LogP contribution in [0.2, 0.25) is 0 Å². The first-order valence-electron chi connectivity index (χ1n) is 7.70. The minimum absolute atomic E-state index is 0.00692. The second-order valence-corrected chi connectivity index (χ2v) is 7.08. The van der Waals surface area contributed by atoms with Crippen molar-refractivity contribution in [3.05, 3.63) is 51.0 Å². The molecular weight excluding hydrogens is 344 g/mol. The van der Waals surface area contributed by atoms with Crippen LogP contribution in [0.4, 0.5) is 0 Å². The zero-order valence-electron chi connectivity index (χ0n) is 13.0. The van der Waals surface area contributed by atoms with Crippen LogP contribution in [-0.2, 0) is 4.74 Å². The van der Waals surface area contributed by atoms with E-state index in [9.17, 15) is 4.79 Å². The van der Waals surface area contributed by atoms with Gasteiger partial charge in [-0.2, -0.15) is 11.3 Å². The molecule has 1 aliphatic heterocycles. The first-order chi connectivity index (χ1) is 11.6. The molecule has 3 heterocycles. The Morgan fingerprint density at radius 3 is 3.04 bits per heavy atom.